The van der Waals surface area contributed by atoms with Gasteiger partial charge in [0.25, 0.3) is 11.8 Å². The smallest absolute Gasteiger partial charge is 0.347 e. The van der Waals surface area contributed by atoms with Crippen LogP contribution in [0.1, 0.15) is 45.8 Å². The highest BCUT2D eigenvalue weighted by molar-refractivity contribution is 6.02. The van der Waals surface area contributed by atoms with Crippen molar-refractivity contribution in [2.75, 3.05) is 13.6 Å². The van der Waals surface area contributed by atoms with E-state index in [1.165, 1.54) is 24.2 Å². The molecule has 0 fully saturated rings. The summed E-state index contributed by atoms with van der Waals surface area (Å²) >= 11 is 0. The monoisotopic (exact) mass is 474 g/mol. The molecule has 2 N–H and O–H groups in total. The number of halogens is 6. The summed E-state index contributed by atoms with van der Waals surface area (Å²) in [7, 11) is 1.56. The summed E-state index contributed by atoms with van der Waals surface area (Å²) in [6, 6.07) is -0.377. The third-order valence-electron chi connectivity index (χ3n) is 4.57. The third kappa shape index (κ3) is 5.38. The highest BCUT2D eigenvalue weighted by Gasteiger charge is 2.37. The number of nitrogens with one attached hydrogen (secondary N) is 2. The highest BCUT2D eigenvalue weighted by atomic mass is 19.4. The molecular weight excluding hydrogens is 458 g/mol. The van der Waals surface area contributed by atoms with Crippen molar-refractivity contribution < 1.29 is 35.9 Å². The molecule has 1 atom stereocenters. The fourth-order valence-electron chi connectivity index (χ4n) is 3.03. The van der Waals surface area contributed by atoms with Crippen molar-refractivity contribution in [2.24, 2.45) is 5.10 Å². The van der Waals surface area contributed by atoms with Gasteiger partial charge in [0.15, 0.2) is 5.84 Å². The van der Waals surface area contributed by atoms with Gasteiger partial charge < -0.3 is 10.2 Å². The molecule has 33 heavy (non-hydrogen) atoms. The first-order valence-corrected chi connectivity index (χ1v) is 9.26. The van der Waals surface area contributed by atoms with Crippen LogP contribution >= 0.6 is 0 Å². The summed E-state index contributed by atoms with van der Waals surface area (Å²) in [4.78, 5) is 33.8. The average Bonchev–Trinajstić information content (AvgIpc) is 2.72. The molecule has 1 unspecified atom stereocenters. The van der Waals surface area contributed by atoms with E-state index in [1.54, 1.807) is 7.05 Å². The maximum atomic E-state index is 13.1. The van der Waals surface area contributed by atoms with Crippen LogP contribution in [0, 0.1) is 0 Å². The molecule has 14 heteroatoms. The summed E-state index contributed by atoms with van der Waals surface area (Å²) in [6.07, 6.45) is -7.57. The lowest BCUT2D eigenvalue weighted by Gasteiger charge is -2.25. The lowest BCUT2D eigenvalue weighted by Crippen LogP contribution is -2.44. The van der Waals surface area contributed by atoms with Crippen LogP contribution in [-0.4, -0.2) is 46.1 Å². The normalized spacial score (nSPS) is 15.6. The molecule has 2 amide bonds. The minimum absolute atomic E-state index is 0.0416. The third-order valence-corrected chi connectivity index (χ3v) is 4.57. The minimum Gasteiger partial charge on any atom is -0.347 e. The SMILES string of the molecule is CC(NC(=O)c1cc(C(F)(F)F)cc(C(F)(F)F)c1)c1nccnc1C1=NNC(=O)CN1C. The minimum atomic E-state index is -5.09. The van der Waals surface area contributed by atoms with E-state index in [2.05, 4.69) is 25.8 Å². The number of amides is 2. The quantitative estimate of drug-likeness (QED) is 0.664. The molecule has 1 aliphatic heterocycles. The van der Waals surface area contributed by atoms with E-state index < -0.39 is 41.0 Å². The Morgan fingerprint density at radius 2 is 1.64 bits per heavy atom. The largest absolute Gasteiger partial charge is 0.416 e. The predicted molar refractivity (Wildman–Crippen MR) is 102 cm³/mol. The zero-order valence-corrected chi connectivity index (χ0v) is 17.0. The van der Waals surface area contributed by atoms with Crippen molar-refractivity contribution in [1.82, 2.24) is 25.6 Å². The number of hydrazone groups is 1. The maximum Gasteiger partial charge on any atom is 0.416 e. The number of likely N-dealkylation sites (N-methyl/N-ethyl adjacent to an activating group) is 1. The zero-order valence-electron chi connectivity index (χ0n) is 17.0. The molecule has 0 bridgehead atoms. The summed E-state index contributed by atoms with van der Waals surface area (Å²) < 4.78 is 78.5. The lowest BCUT2D eigenvalue weighted by atomic mass is 10.0. The molecule has 3 rings (SSSR count). The molecule has 1 aromatic carbocycles. The Bertz CT molecular complexity index is 1080. The molecule has 0 saturated carbocycles. The molecule has 0 aliphatic carbocycles. The summed E-state index contributed by atoms with van der Waals surface area (Å²) in [5.74, 6) is -1.35. The first kappa shape index (κ1) is 23.9. The molecule has 2 heterocycles. The van der Waals surface area contributed by atoms with E-state index in [1.807, 2.05) is 0 Å². The first-order valence-electron chi connectivity index (χ1n) is 9.26. The number of carbonyl (C=O) groups excluding carboxylic acids is 2. The first-order chi connectivity index (χ1) is 15.3. The number of amidine groups is 1. The fraction of sp³-hybridized carbons (Fsp3) is 0.316. The maximum absolute atomic E-state index is 13.1. The second kappa shape index (κ2) is 8.67. The Balaban J connectivity index is 1.93. The summed E-state index contributed by atoms with van der Waals surface area (Å²) in [5, 5.41) is 6.23. The Kier molecular flexibility index (Phi) is 6.29. The van der Waals surface area contributed by atoms with E-state index in [0.717, 1.165) is 0 Å². The Hall–Kier alpha value is -3.71. The van der Waals surface area contributed by atoms with Crippen LogP contribution in [-0.2, 0) is 17.1 Å². The molecule has 2 aromatic rings. The van der Waals surface area contributed by atoms with Crippen molar-refractivity contribution >= 4 is 17.6 Å². The van der Waals surface area contributed by atoms with Gasteiger partial charge >= 0.3 is 12.4 Å². The van der Waals surface area contributed by atoms with Crippen molar-refractivity contribution in [3.63, 3.8) is 0 Å². The van der Waals surface area contributed by atoms with Crippen LogP contribution in [0.15, 0.2) is 35.7 Å². The van der Waals surface area contributed by atoms with Crippen molar-refractivity contribution in [3.05, 3.63) is 58.7 Å². The van der Waals surface area contributed by atoms with Crippen LogP contribution in [0.5, 0.6) is 0 Å². The number of benzene rings is 1. The number of carbonyl (C=O) groups is 2. The fourth-order valence-corrected chi connectivity index (χ4v) is 3.03. The van der Waals surface area contributed by atoms with Gasteiger partial charge in [-0.05, 0) is 25.1 Å². The van der Waals surface area contributed by atoms with Crippen LogP contribution in [0.3, 0.4) is 0 Å². The van der Waals surface area contributed by atoms with Gasteiger partial charge in [0, 0.05) is 25.0 Å². The summed E-state index contributed by atoms with van der Waals surface area (Å²) in [6.45, 7) is 1.38. The van der Waals surface area contributed by atoms with Gasteiger partial charge in [-0.15, -0.1) is 0 Å². The van der Waals surface area contributed by atoms with Crippen LogP contribution in [0.4, 0.5) is 26.3 Å². The second-order valence-corrected chi connectivity index (χ2v) is 7.11. The van der Waals surface area contributed by atoms with E-state index in [-0.39, 0.29) is 35.7 Å². The van der Waals surface area contributed by atoms with Gasteiger partial charge in [0.05, 0.1) is 29.4 Å². The van der Waals surface area contributed by atoms with E-state index in [9.17, 15) is 35.9 Å². The molecule has 176 valence electrons. The molecule has 1 aromatic heterocycles. The molecule has 8 nitrogen and oxygen atoms in total. The van der Waals surface area contributed by atoms with Crippen molar-refractivity contribution in [1.29, 1.82) is 0 Å². The van der Waals surface area contributed by atoms with Crippen LogP contribution in [0.2, 0.25) is 0 Å². The number of rotatable bonds is 4. The molecule has 0 spiro atoms. The van der Waals surface area contributed by atoms with Gasteiger partial charge in [-0.25, -0.2) is 10.4 Å². The van der Waals surface area contributed by atoms with E-state index >= 15 is 0 Å². The van der Waals surface area contributed by atoms with E-state index in [0.29, 0.717) is 12.1 Å². The number of nitrogens with zero attached hydrogens (tertiary/aromatic N) is 4. The Morgan fingerprint density at radius 3 is 2.18 bits per heavy atom. The Labute approximate surface area is 182 Å². The highest BCUT2D eigenvalue weighted by Crippen LogP contribution is 2.36. The van der Waals surface area contributed by atoms with Gasteiger partial charge in [0.1, 0.15) is 5.69 Å². The molecule has 0 radical (unpaired) electrons. The van der Waals surface area contributed by atoms with Crippen molar-refractivity contribution in [2.45, 2.75) is 25.3 Å². The van der Waals surface area contributed by atoms with Crippen LogP contribution < -0.4 is 10.7 Å². The van der Waals surface area contributed by atoms with Gasteiger partial charge in [-0.2, -0.15) is 31.4 Å². The predicted octanol–water partition coefficient (Wildman–Crippen LogP) is 2.73. The number of hydrogen-bond donors (Lipinski definition) is 2. The molecular formula is C19H16F6N6O2. The topological polar surface area (TPSA) is 99.6 Å². The second-order valence-electron chi connectivity index (χ2n) is 7.11. The number of alkyl halides is 6. The summed E-state index contributed by atoms with van der Waals surface area (Å²) in [5.41, 5.74) is -1.47. The molecule has 1 aliphatic rings. The Morgan fingerprint density at radius 1 is 1.06 bits per heavy atom. The van der Waals surface area contributed by atoms with Gasteiger partial charge in [0.2, 0.25) is 0 Å². The van der Waals surface area contributed by atoms with Gasteiger partial charge in [-0.3, -0.25) is 14.6 Å². The zero-order chi connectivity index (χ0) is 24.6. The van der Waals surface area contributed by atoms with Gasteiger partial charge in [-0.1, -0.05) is 0 Å². The van der Waals surface area contributed by atoms with Crippen LogP contribution in [0.25, 0.3) is 0 Å². The number of aromatic nitrogens is 2. The van der Waals surface area contributed by atoms with E-state index in [4.69, 9.17) is 0 Å². The number of hydrogen-bond acceptors (Lipinski definition) is 6. The standard InChI is InChI=1S/C19H16F6N6O2/c1-9(14-15(27-4-3-26-14)16-30-29-13(32)8-31(16)2)28-17(33)10-5-11(18(20,21)22)7-12(6-10)19(23,24)25/h3-7,9H,8H2,1-2H3,(H,28,33)(H,29,32). The van der Waals surface area contributed by atoms with Crippen molar-refractivity contribution in [3.8, 4) is 0 Å². The lowest BCUT2D eigenvalue weighted by molar-refractivity contribution is -0.143. The average molecular weight is 474 g/mol. The molecule has 0 saturated heterocycles.